The van der Waals surface area contributed by atoms with E-state index >= 15 is 0 Å². The van der Waals surface area contributed by atoms with Crippen LogP contribution >= 0.6 is 0 Å². The first-order valence-electron chi connectivity index (χ1n) is 4.99. The van der Waals surface area contributed by atoms with Crippen molar-refractivity contribution in [3.05, 3.63) is 52.4 Å². The molecule has 0 unspecified atom stereocenters. The van der Waals surface area contributed by atoms with Gasteiger partial charge in [0.25, 0.3) is 0 Å². The molecule has 0 aliphatic rings. The van der Waals surface area contributed by atoms with E-state index in [1.807, 2.05) is 6.07 Å². The Bertz CT molecular complexity index is 608. The predicted molar refractivity (Wildman–Crippen MR) is 62.8 cm³/mol. The van der Waals surface area contributed by atoms with Gasteiger partial charge < -0.3 is 9.52 Å². The number of allylic oxidation sites excluding steroid dienone is 1. The second kappa shape index (κ2) is 3.85. The van der Waals surface area contributed by atoms with Crippen LogP contribution in [0.4, 0.5) is 0 Å². The average Bonchev–Trinajstić information content (AvgIpc) is 2.27. The van der Waals surface area contributed by atoms with Gasteiger partial charge in [0.05, 0.1) is 0 Å². The van der Waals surface area contributed by atoms with E-state index in [0.29, 0.717) is 17.6 Å². The summed E-state index contributed by atoms with van der Waals surface area (Å²) in [4.78, 5) is 11.1. The lowest BCUT2D eigenvalue weighted by Gasteiger charge is -2.07. The fourth-order valence-electron chi connectivity index (χ4n) is 1.75. The van der Waals surface area contributed by atoms with E-state index in [0.717, 1.165) is 10.9 Å². The van der Waals surface area contributed by atoms with Gasteiger partial charge in [-0.3, -0.25) is 0 Å². The van der Waals surface area contributed by atoms with Gasteiger partial charge >= 0.3 is 5.63 Å². The van der Waals surface area contributed by atoms with Crippen LogP contribution in [0.25, 0.3) is 11.0 Å². The third kappa shape index (κ3) is 1.60. The molecule has 0 bridgehead atoms. The van der Waals surface area contributed by atoms with Gasteiger partial charge in [-0.05, 0) is 31.0 Å². The minimum absolute atomic E-state index is 0.168. The van der Waals surface area contributed by atoms with E-state index in [4.69, 9.17) is 4.42 Å². The number of phenols is 1. The highest BCUT2D eigenvalue weighted by molar-refractivity contribution is 5.83. The summed E-state index contributed by atoms with van der Waals surface area (Å²) in [5.74, 6) is 0.168. The van der Waals surface area contributed by atoms with Crippen LogP contribution < -0.4 is 5.63 Å². The highest BCUT2D eigenvalue weighted by atomic mass is 16.4. The monoisotopic (exact) mass is 216 g/mol. The number of hydrogen-bond donors (Lipinski definition) is 1. The molecule has 1 aromatic heterocycles. The van der Waals surface area contributed by atoms with Crippen LogP contribution in [-0.2, 0) is 6.42 Å². The molecule has 0 aliphatic heterocycles. The Morgan fingerprint density at radius 3 is 2.94 bits per heavy atom. The molecule has 1 aromatic carbocycles. The second-order valence-corrected chi connectivity index (χ2v) is 3.67. The lowest BCUT2D eigenvalue weighted by atomic mass is 10.0. The second-order valence-electron chi connectivity index (χ2n) is 3.67. The van der Waals surface area contributed by atoms with E-state index in [1.54, 1.807) is 19.1 Å². The zero-order valence-corrected chi connectivity index (χ0v) is 8.99. The molecule has 0 saturated carbocycles. The molecule has 1 N–H and O–H groups in total. The van der Waals surface area contributed by atoms with E-state index in [2.05, 4.69) is 6.58 Å². The summed E-state index contributed by atoms with van der Waals surface area (Å²) in [5, 5.41) is 10.7. The number of fused-ring (bicyclic) bond motifs is 1. The maximum absolute atomic E-state index is 11.1. The maximum Gasteiger partial charge on any atom is 0.336 e. The topological polar surface area (TPSA) is 50.4 Å². The van der Waals surface area contributed by atoms with E-state index < -0.39 is 5.63 Å². The molecular weight excluding hydrogens is 204 g/mol. The number of phenolic OH excluding ortho intramolecular Hbond substituents is 1. The van der Waals surface area contributed by atoms with Gasteiger partial charge in [-0.15, -0.1) is 6.58 Å². The molecule has 0 spiro atoms. The summed E-state index contributed by atoms with van der Waals surface area (Å²) in [7, 11) is 0. The SMILES string of the molecule is C=CCc1cc2ccc(=O)oc2c(C)c1O. The Labute approximate surface area is 92.6 Å². The molecular formula is C13H12O3. The lowest BCUT2D eigenvalue weighted by Crippen LogP contribution is -1.97. The highest BCUT2D eigenvalue weighted by Gasteiger charge is 2.10. The number of hydrogen-bond acceptors (Lipinski definition) is 3. The van der Waals surface area contributed by atoms with Crippen molar-refractivity contribution in [3.8, 4) is 5.75 Å². The van der Waals surface area contributed by atoms with Crippen LogP contribution in [0.2, 0.25) is 0 Å². The average molecular weight is 216 g/mol. The summed E-state index contributed by atoms with van der Waals surface area (Å²) >= 11 is 0. The van der Waals surface area contributed by atoms with Crippen molar-refractivity contribution >= 4 is 11.0 Å². The summed E-state index contributed by atoms with van der Waals surface area (Å²) in [6.07, 6.45) is 2.31. The van der Waals surface area contributed by atoms with Crippen molar-refractivity contribution < 1.29 is 9.52 Å². The fourth-order valence-corrected chi connectivity index (χ4v) is 1.75. The van der Waals surface area contributed by atoms with Crippen molar-refractivity contribution in [2.75, 3.05) is 0 Å². The molecule has 3 nitrogen and oxygen atoms in total. The zero-order chi connectivity index (χ0) is 11.7. The summed E-state index contributed by atoms with van der Waals surface area (Å²) in [5.41, 5.74) is 1.41. The first kappa shape index (κ1) is 10.5. The van der Waals surface area contributed by atoms with Gasteiger partial charge in [0.2, 0.25) is 0 Å². The van der Waals surface area contributed by atoms with E-state index in [-0.39, 0.29) is 5.75 Å². The molecule has 0 atom stereocenters. The molecule has 0 aliphatic carbocycles. The van der Waals surface area contributed by atoms with E-state index in [9.17, 15) is 9.90 Å². The molecule has 2 rings (SSSR count). The van der Waals surface area contributed by atoms with Crippen LogP contribution in [0.3, 0.4) is 0 Å². The molecule has 0 radical (unpaired) electrons. The van der Waals surface area contributed by atoms with Crippen molar-refractivity contribution in [3.63, 3.8) is 0 Å². The maximum atomic E-state index is 11.1. The zero-order valence-electron chi connectivity index (χ0n) is 8.99. The molecule has 0 fully saturated rings. The quantitative estimate of drug-likeness (QED) is 0.620. The lowest BCUT2D eigenvalue weighted by molar-refractivity contribution is 0.463. The Hall–Kier alpha value is -2.03. The van der Waals surface area contributed by atoms with Crippen LogP contribution in [0.15, 0.2) is 40.1 Å². The Morgan fingerprint density at radius 2 is 2.25 bits per heavy atom. The minimum Gasteiger partial charge on any atom is -0.507 e. The van der Waals surface area contributed by atoms with Crippen LogP contribution in [0.1, 0.15) is 11.1 Å². The van der Waals surface area contributed by atoms with E-state index in [1.165, 1.54) is 6.07 Å². The predicted octanol–water partition coefficient (Wildman–Crippen LogP) is 2.54. The summed E-state index contributed by atoms with van der Waals surface area (Å²) in [6.45, 7) is 5.37. The minimum atomic E-state index is -0.411. The number of aromatic hydroxyl groups is 1. The van der Waals surface area contributed by atoms with Crippen LogP contribution in [0, 0.1) is 6.92 Å². The largest absolute Gasteiger partial charge is 0.507 e. The van der Waals surface area contributed by atoms with Gasteiger partial charge in [-0.25, -0.2) is 4.79 Å². The summed E-state index contributed by atoms with van der Waals surface area (Å²) < 4.78 is 5.06. The third-order valence-electron chi connectivity index (χ3n) is 2.56. The van der Waals surface area contributed by atoms with Gasteiger partial charge in [-0.1, -0.05) is 6.08 Å². The molecule has 3 heteroatoms. The molecule has 0 amide bonds. The third-order valence-corrected chi connectivity index (χ3v) is 2.56. The molecule has 82 valence electrons. The Balaban J connectivity index is 2.82. The highest BCUT2D eigenvalue weighted by Crippen LogP contribution is 2.30. The van der Waals surface area contributed by atoms with Crippen molar-refractivity contribution in [2.24, 2.45) is 0 Å². The standard InChI is InChI=1S/C13H12O3/c1-3-4-9-7-10-5-6-11(14)16-13(10)8(2)12(9)15/h3,5-7,15H,1,4H2,2H3. The molecule has 16 heavy (non-hydrogen) atoms. The van der Waals surface area contributed by atoms with Crippen molar-refractivity contribution in [1.29, 1.82) is 0 Å². The Morgan fingerprint density at radius 1 is 1.50 bits per heavy atom. The molecule has 0 saturated heterocycles. The van der Waals surface area contributed by atoms with Gasteiger partial charge in [0, 0.05) is 17.0 Å². The number of rotatable bonds is 2. The number of aryl methyl sites for hydroxylation is 1. The van der Waals surface area contributed by atoms with Crippen molar-refractivity contribution in [2.45, 2.75) is 13.3 Å². The Kier molecular flexibility index (Phi) is 2.52. The molecule has 1 heterocycles. The normalized spacial score (nSPS) is 10.6. The molecule has 2 aromatic rings. The summed E-state index contributed by atoms with van der Waals surface area (Å²) in [6, 6.07) is 4.87. The van der Waals surface area contributed by atoms with Crippen LogP contribution in [-0.4, -0.2) is 5.11 Å². The van der Waals surface area contributed by atoms with Crippen LogP contribution in [0.5, 0.6) is 5.75 Å². The first-order chi connectivity index (χ1) is 7.63. The van der Waals surface area contributed by atoms with Crippen molar-refractivity contribution in [1.82, 2.24) is 0 Å². The van der Waals surface area contributed by atoms with Gasteiger partial charge in [0.15, 0.2) is 0 Å². The first-order valence-corrected chi connectivity index (χ1v) is 4.99. The van der Waals surface area contributed by atoms with Gasteiger partial charge in [0.1, 0.15) is 11.3 Å². The fraction of sp³-hybridized carbons (Fsp3) is 0.154. The smallest absolute Gasteiger partial charge is 0.336 e. The van der Waals surface area contributed by atoms with Gasteiger partial charge in [-0.2, -0.15) is 0 Å². The number of benzene rings is 1.